The molecule has 26 heavy (non-hydrogen) atoms. The van der Waals surface area contributed by atoms with E-state index in [0.717, 1.165) is 22.7 Å². The third-order valence-electron chi connectivity index (χ3n) is 3.60. The largest absolute Gasteiger partial charge is 0.457 e. The van der Waals surface area contributed by atoms with Crippen LogP contribution in [0.5, 0.6) is 11.5 Å². The molecule has 2 N–H and O–H groups in total. The first kappa shape index (κ1) is 17.6. The summed E-state index contributed by atoms with van der Waals surface area (Å²) in [7, 11) is 0. The Morgan fingerprint density at radius 3 is 2.27 bits per heavy atom. The predicted molar refractivity (Wildman–Crippen MR) is 108 cm³/mol. The number of hydrogen-bond donors (Lipinski definition) is 2. The third-order valence-corrected chi connectivity index (χ3v) is 3.80. The quantitative estimate of drug-likeness (QED) is 0.647. The maximum Gasteiger partial charge on any atom is 0.257 e. The number of amides is 1. The second-order valence-electron chi connectivity index (χ2n) is 5.72. The molecule has 0 fully saturated rings. The SMILES string of the molecule is Cc1cccc(C(=O)NC(=S)Nc2ccc(Oc3ccccc3)cc2)c1. The summed E-state index contributed by atoms with van der Waals surface area (Å²) in [6, 6.07) is 24.2. The Bertz CT molecular complexity index is 909. The smallest absolute Gasteiger partial charge is 0.257 e. The van der Waals surface area contributed by atoms with Crippen LogP contribution in [-0.2, 0) is 0 Å². The van der Waals surface area contributed by atoms with E-state index in [4.69, 9.17) is 17.0 Å². The molecule has 3 rings (SSSR count). The zero-order valence-electron chi connectivity index (χ0n) is 14.2. The summed E-state index contributed by atoms with van der Waals surface area (Å²) >= 11 is 5.21. The molecule has 0 spiro atoms. The highest BCUT2D eigenvalue weighted by molar-refractivity contribution is 7.80. The van der Waals surface area contributed by atoms with Crippen LogP contribution in [0, 0.1) is 6.92 Å². The average molecular weight is 362 g/mol. The lowest BCUT2D eigenvalue weighted by molar-refractivity contribution is 0.0977. The van der Waals surface area contributed by atoms with Crippen molar-refractivity contribution in [1.82, 2.24) is 5.32 Å². The number of benzene rings is 3. The minimum Gasteiger partial charge on any atom is -0.457 e. The van der Waals surface area contributed by atoms with Crippen LogP contribution in [0.4, 0.5) is 5.69 Å². The van der Waals surface area contributed by atoms with Gasteiger partial charge in [-0.15, -0.1) is 0 Å². The Labute approximate surface area is 157 Å². The van der Waals surface area contributed by atoms with Gasteiger partial charge in [-0.25, -0.2) is 0 Å². The Hall–Kier alpha value is -3.18. The van der Waals surface area contributed by atoms with Gasteiger partial charge >= 0.3 is 0 Å². The summed E-state index contributed by atoms with van der Waals surface area (Å²) < 4.78 is 5.74. The summed E-state index contributed by atoms with van der Waals surface area (Å²) in [4.78, 5) is 12.2. The number of carbonyl (C=O) groups is 1. The van der Waals surface area contributed by atoms with E-state index in [9.17, 15) is 4.79 Å². The Kier molecular flexibility index (Phi) is 5.61. The van der Waals surface area contributed by atoms with Gasteiger partial charge in [0.05, 0.1) is 0 Å². The minimum absolute atomic E-state index is 0.241. The highest BCUT2D eigenvalue weighted by Gasteiger charge is 2.08. The number of thiocarbonyl (C=S) groups is 1. The van der Waals surface area contributed by atoms with Gasteiger partial charge in [0.15, 0.2) is 5.11 Å². The lowest BCUT2D eigenvalue weighted by Gasteiger charge is -2.11. The van der Waals surface area contributed by atoms with E-state index in [-0.39, 0.29) is 11.0 Å². The van der Waals surface area contributed by atoms with Crippen LogP contribution >= 0.6 is 12.2 Å². The van der Waals surface area contributed by atoms with Crippen molar-refractivity contribution in [2.75, 3.05) is 5.32 Å². The number of anilines is 1. The first-order chi connectivity index (χ1) is 12.6. The van der Waals surface area contributed by atoms with Gasteiger partial charge in [0.25, 0.3) is 5.91 Å². The maximum absolute atomic E-state index is 12.2. The van der Waals surface area contributed by atoms with Crippen LogP contribution in [0.15, 0.2) is 78.9 Å². The van der Waals surface area contributed by atoms with E-state index in [1.165, 1.54) is 0 Å². The molecule has 0 unspecified atom stereocenters. The highest BCUT2D eigenvalue weighted by Crippen LogP contribution is 2.22. The van der Waals surface area contributed by atoms with Gasteiger partial charge in [0.1, 0.15) is 11.5 Å². The normalized spacial score (nSPS) is 10.0. The fourth-order valence-electron chi connectivity index (χ4n) is 2.35. The minimum atomic E-state index is -0.241. The molecule has 0 radical (unpaired) electrons. The van der Waals surface area contributed by atoms with Gasteiger partial charge < -0.3 is 10.1 Å². The number of aryl methyl sites for hydroxylation is 1. The standard InChI is InChI=1S/C21H18N2O2S/c1-15-6-5-7-16(14-15)20(24)23-21(26)22-17-10-12-19(13-11-17)25-18-8-3-2-4-9-18/h2-14H,1H3,(H2,22,23,24,26). The Morgan fingerprint density at radius 2 is 1.58 bits per heavy atom. The molecule has 4 nitrogen and oxygen atoms in total. The van der Waals surface area contributed by atoms with Crippen LogP contribution in [0.3, 0.4) is 0 Å². The molecule has 0 heterocycles. The second-order valence-corrected chi connectivity index (χ2v) is 6.13. The molecular weight excluding hydrogens is 344 g/mol. The molecule has 0 saturated carbocycles. The van der Waals surface area contributed by atoms with Crippen LogP contribution in [-0.4, -0.2) is 11.0 Å². The molecule has 0 bridgehead atoms. The number of hydrogen-bond acceptors (Lipinski definition) is 3. The molecular formula is C21H18N2O2S. The van der Waals surface area contributed by atoms with Gasteiger partial charge in [-0.1, -0.05) is 35.9 Å². The van der Waals surface area contributed by atoms with Crippen molar-refractivity contribution in [1.29, 1.82) is 0 Å². The van der Waals surface area contributed by atoms with Crippen molar-refractivity contribution in [3.05, 3.63) is 90.0 Å². The molecule has 130 valence electrons. The Morgan fingerprint density at radius 1 is 0.885 bits per heavy atom. The first-order valence-electron chi connectivity index (χ1n) is 8.12. The van der Waals surface area contributed by atoms with Crippen LogP contribution < -0.4 is 15.4 Å². The molecule has 0 aliphatic carbocycles. The van der Waals surface area contributed by atoms with Crippen molar-refractivity contribution in [3.63, 3.8) is 0 Å². The van der Waals surface area contributed by atoms with E-state index >= 15 is 0 Å². The third kappa shape index (κ3) is 4.91. The van der Waals surface area contributed by atoms with Gasteiger partial charge in [0, 0.05) is 11.3 Å². The second kappa shape index (κ2) is 8.27. The lowest BCUT2D eigenvalue weighted by Crippen LogP contribution is -2.34. The topological polar surface area (TPSA) is 50.4 Å². The molecule has 3 aromatic carbocycles. The van der Waals surface area contributed by atoms with E-state index < -0.39 is 0 Å². The molecule has 0 aromatic heterocycles. The number of rotatable bonds is 4. The van der Waals surface area contributed by atoms with Crippen LogP contribution in [0.1, 0.15) is 15.9 Å². The van der Waals surface area contributed by atoms with Crippen molar-refractivity contribution in [2.45, 2.75) is 6.92 Å². The highest BCUT2D eigenvalue weighted by atomic mass is 32.1. The molecule has 3 aromatic rings. The van der Waals surface area contributed by atoms with Crippen molar-refractivity contribution in [3.8, 4) is 11.5 Å². The van der Waals surface area contributed by atoms with E-state index in [1.54, 1.807) is 6.07 Å². The van der Waals surface area contributed by atoms with Gasteiger partial charge in [-0.05, 0) is 67.7 Å². The summed E-state index contributed by atoms with van der Waals surface area (Å²) in [6.07, 6.45) is 0. The zero-order valence-corrected chi connectivity index (χ0v) is 15.0. The van der Waals surface area contributed by atoms with E-state index in [1.807, 2.05) is 79.7 Å². The molecule has 5 heteroatoms. The van der Waals surface area contributed by atoms with E-state index in [0.29, 0.717) is 5.56 Å². The molecule has 0 atom stereocenters. The molecule has 1 amide bonds. The van der Waals surface area contributed by atoms with Crippen molar-refractivity contribution in [2.24, 2.45) is 0 Å². The monoisotopic (exact) mass is 362 g/mol. The molecule has 0 aliphatic heterocycles. The fraction of sp³-hybridized carbons (Fsp3) is 0.0476. The maximum atomic E-state index is 12.2. The van der Waals surface area contributed by atoms with Crippen molar-refractivity contribution < 1.29 is 9.53 Å². The first-order valence-corrected chi connectivity index (χ1v) is 8.53. The Balaban J connectivity index is 1.56. The number of nitrogens with one attached hydrogen (secondary N) is 2. The van der Waals surface area contributed by atoms with Gasteiger partial charge in [-0.2, -0.15) is 0 Å². The zero-order chi connectivity index (χ0) is 18.4. The van der Waals surface area contributed by atoms with Gasteiger partial charge in [-0.3, -0.25) is 10.1 Å². The van der Waals surface area contributed by atoms with Gasteiger partial charge in [0.2, 0.25) is 0 Å². The van der Waals surface area contributed by atoms with Crippen LogP contribution in [0.25, 0.3) is 0 Å². The number of para-hydroxylation sites is 1. The summed E-state index contributed by atoms with van der Waals surface area (Å²) in [5.74, 6) is 1.25. The summed E-state index contributed by atoms with van der Waals surface area (Å²) in [5, 5.41) is 5.91. The summed E-state index contributed by atoms with van der Waals surface area (Å²) in [5.41, 5.74) is 2.35. The van der Waals surface area contributed by atoms with Crippen LogP contribution in [0.2, 0.25) is 0 Å². The summed E-state index contributed by atoms with van der Waals surface area (Å²) in [6.45, 7) is 1.94. The number of carbonyl (C=O) groups excluding carboxylic acids is 1. The lowest BCUT2D eigenvalue weighted by atomic mass is 10.1. The van der Waals surface area contributed by atoms with Crippen molar-refractivity contribution >= 4 is 28.9 Å². The fourth-order valence-corrected chi connectivity index (χ4v) is 2.57. The molecule has 0 aliphatic rings. The van der Waals surface area contributed by atoms with E-state index in [2.05, 4.69) is 10.6 Å². The molecule has 0 saturated heterocycles. The predicted octanol–water partition coefficient (Wildman–Crippen LogP) is 4.91. The number of ether oxygens (including phenoxy) is 1. The average Bonchev–Trinajstić information content (AvgIpc) is 2.64.